The van der Waals surface area contributed by atoms with Crippen molar-refractivity contribution in [3.8, 4) is 0 Å². The molecule has 0 heterocycles. The summed E-state index contributed by atoms with van der Waals surface area (Å²) in [6.07, 6.45) is 0. The lowest BCUT2D eigenvalue weighted by Gasteiger charge is -2.21. The molecule has 0 aliphatic rings. The first-order valence-electron chi connectivity index (χ1n) is 2.98. The van der Waals surface area contributed by atoms with Crippen LogP contribution < -0.4 is 0 Å². The van der Waals surface area contributed by atoms with Crippen LogP contribution in [0, 0.1) is 0 Å². The molecule has 0 spiro atoms. The lowest BCUT2D eigenvalue weighted by Crippen LogP contribution is -2.27. The van der Waals surface area contributed by atoms with Crippen LogP contribution in [0.5, 0.6) is 0 Å². The molecule has 13 heavy (non-hydrogen) atoms. The fourth-order valence-corrected chi connectivity index (χ4v) is 0.612. The molecule has 0 aromatic rings. The van der Waals surface area contributed by atoms with Crippen LogP contribution in [0.3, 0.4) is 0 Å². The highest BCUT2D eigenvalue weighted by molar-refractivity contribution is 6.50. The molecule has 0 aromatic heterocycles. The van der Waals surface area contributed by atoms with E-state index in [2.05, 4.69) is 0 Å². The number of rotatable bonds is 6. The van der Waals surface area contributed by atoms with E-state index in [0.717, 1.165) is 0 Å². The van der Waals surface area contributed by atoms with Gasteiger partial charge in [0, 0.05) is 0 Å². The highest BCUT2D eigenvalue weighted by Crippen LogP contribution is 2.27. The van der Waals surface area contributed by atoms with E-state index in [9.17, 15) is 0 Å². The summed E-state index contributed by atoms with van der Waals surface area (Å²) in [6, 6.07) is 0. The minimum atomic E-state index is -1.52. The van der Waals surface area contributed by atoms with E-state index in [-0.39, 0.29) is 18.6 Å². The Labute approximate surface area is 106 Å². The molecule has 0 fully saturated rings. The summed E-state index contributed by atoms with van der Waals surface area (Å²) < 4.78 is 6.50. The predicted molar refractivity (Wildman–Crippen MR) is 57.4 cm³/mol. The Morgan fingerprint density at radius 2 is 1.08 bits per heavy atom. The summed E-state index contributed by atoms with van der Waals surface area (Å²) >= 11 is 32.7. The number of alkyl halides is 6. The predicted octanol–water partition coefficient (Wildman–Crippen LogP) is 3.72. The van der Waals surface area contributed by atoms with Crippen molar-refractivity contribution in [1.29, 1.82) is 0 Å². The highest BCUT2D eigenvalue weighted by atomic mass is 35.5. The Morgan fingerprint density at radius 1 is 0.769 bits per heavy atom. The van der Waals surface area contributed by atoms with Gasteiger partial charge in [-0.3, -0.25) is 0 Å². The first kappa shape index (κ1) is 14.7. The van der Waals surface area contributed by atoms with Gasteiger partial charge >= 0.3 is 0 Å². The molecule has 0 saturated carbocycles. The minimum absolute atomic E-state index is 0.113. The number of hydrogen-bond donors (Lipinski definition) is 0. The second-order valence-electron chi connectivity index (χ2n) is 1.95. The van der Waals surface area contributed by atoms with E-state index in [0.29, 0.717) is 0 Å². The van der Waals surface area contributed by atoms with Gasteiger partial charge in [0.25, 0.3) is 0 Å². The van der Waals surface area contributed by atoms with Crippen LogP contribution in [0.2, 0.25) is 0 Å². The fourth-order valence-electron chi connectivity index (χ4n) is 0.279. The molecule has 0 rings (SSSR count). The number of ether oxygens (including phenoxy) is 2. The summed E-state index contributed by atoms with van der Waals surface area (Å²) in [5.41, 5.74) is 0. The van der Waals surface area contributed by atoms with Crippen LogP contribution in [0.15, 0.2) is 0 Å². The van der Waals surface area contributed by atoms with Crippen molar-refractivity contribution in [2.75, 3.05) is 18.6 Å². The van der Waals surface area contributed by atoms with E-state index >= 15 is 0 Å². The smallest absolute Gasteiger partial charge is 0.233 e. The second kappa shape index (κ2) is 6.29. The Bertz CT molecular complexity index is 134. The van der Waals surface area contributed by atoms with E-state index in [1.165, 1.54) is 0 Å². The van der Waals surface area contributed by atoms with Gasteiger partial charge in [-0.1, -0.05) is 46.4 Å². The van der Waals surface area contributed by atoms with Crippen molar-refractivity contribution < 1.29 is 9.47 Å². The van der Waals surface area contributed by atoms with Crippen molar-refractivity contribution in [3.05, 3.63) is 0 Å². The molecular formula is C5H6Cl6O2. The average Bonchev–Trinajstić information content (AvgIpc) is 2.04. The van der Waals surface area contributed by atoms with Crippen LogP contribution in [0.25, 0.3) is 0 Å². The van der Waals surface area contributed by atoms with Crippen molar-refractivity contribution in [2.45, 2.75) is 9.04 Å². The van der Waals surface area contributed by atoms with Crippen LogP contribution in [0.1, 0.15) is 0 Å². The van der Waals surface area contributed by atoms with Crippen molar-refractivity contribution in [2.24, 2.45) is 0 Å². The molecule has 2 nitrogen and oxygen atoms in total. The molecule has 0 aromatic carbocycles. The molecule has 0 unspecified atom stereocenters. The first-order valence-corrected chi connectivity index (χ1v) is 5.56. The third-order valence-electron chi connectivity index (χ3n) is 0.851. The maximum absolute atomic E-state index is 5.50. The molecule has 0 aliphatic carbocycles. The molecule has 0 N–H and O–H groups in total. The van der Waals surface area contributed by atoms with Crippen LogP contribution in [-0.2, 0) is 9.47 Å². The summed E-state index contributed by atoms with van der Waals surface area (Å²) in [4.78, 5) is 0. The van der Waals surface area contributed by atoms with Gasteiger partial charge in [-0.15, -0.1) is 23.2 Å². The zero-order valence-corrected chi connectivity index (χ0v) is 10.7. The first-order chi connectivity index (χ1) is 5.83. The summed E-state index contributed by atoms with van der Waals surface area (Å²) in [5, 5.41) is 0. The fraction of sp³-hybridized carbons (Fsp3) is 1.00. The third-order valence-corrected chi connectivity index (χ3v) is 3.12. The van der Waals surface area contributed by atoms with Crippen LogP contribution >= 0.6 is 69.6 Å². The molecule has 8 heteroatoms. The average molecular weight is 311 g/mol. The topological polar surface area (TPSA) is 18.5 Å². The summed E-state index contributed by atoms with van der Waals surface area (Å²) in [5.74, 6) is -0.226. The SMILES string of the molecule is ClCC(Cl)(Cl)OCOC(Cl)(Cl)CCl. The molecule has 0 saturated heterocycles. The zero-order chi connectivity index (χ0) is 10.5. The standard InChI is InChI=1S/C5H6Cl6O2/c6-1-4(8,9)12-3-13-5(10,11)2-7/h1-3H2. The number of halogens is 6. The summed E-state index contributed by atoms with van der Waals surface area (Å²) in [7, 11) is 0. The Balaban J connectivity index is 3.68. The highest BCUT2D eigenvalue weighted by Gasteiger charge is 2.27. The van der Waals surface area contributed by atoms with Crippen molar-refractivity contribution in [1.82, 2.24) is 0 Å². The molecule has 0 atom stereocenters. The molecule has 0 radical (unpaired) electrons. The van der Waals surface area contributed by atoms with Crippen molar-refractivity contribution >= 4 is 69.6 Å². The molecular weight excluding hydrogens is 305 g/mol. The summed E-state index contributed by atoms with van der Waals surface area (Å²) in [6.45, 7) is -0.306. The third kappa shape index (κ3) is 7.57. The molecule has 0 amide bonds. The maximum Gasteiger partial charge on any atom is 0.233 e. The monoisotopic (exact) mass is 308 g/mol. The van der Waals surface area contributed by atoms with Gasteiger partial charge in [-0.2, -0.15) is 0 Å². The van der Waals surface area contributed by atoms with E-state index in [1.54, 1.807) is 0 Å². The Hall–Kier alpha value is 1.66. The molecule has 0 bridgehead atoms. The van der Waals surface area contributed by atoms with Gasteiger partial charge in [0.05, 0.1) is 11.8 Å². The zero-order valence-electron chi connectivity index (χ0n) is 6.21. The molecule has 80 valence electrons. The van der Waals surface area contributed by atoms with Gasteiger partial charge in [-0.05, 0) is 0 Å². The normalized spacial score (nSPS) is 13.4. The quantitative estimate of drug-likeness (QED) is 0.550. The van der Waals surface area contributed by atoms with E-state index in [1.807, 2.05) is 0 Å². The number of hydrogen-bond acceptors (Lipinski definition) is 2. The lowest BCUT2D eigenvalue weighted by atomic mass is 10.8. The van der Waals surface area contributed by atoms with Gasteiger partial charge in [-0.25, -0.2) is 0 Å². The largest absolute Gasteiger partial charge is 0.319 e. The van der Waals surface area contributed by atoms with Crippen molar-refractivity contribution in [3.63, 3.8) is 0 Å². The molecule has 0 aliphatic heterocycles. The minimum Gasteiger partial charge on any atom is -0.319 e. The van der Waals surface area contributed by atoms with Gasteiger partial charge in [0.1, 0.15) is 0 Å². The lowest BCUT2D eigenvalue weighted by molar-refractivity contribution is -0.0904. The Kier molecular flexibility index (Phi) is 7.09. The van der Waals surface area contributed by atoms with Gasteiger partial charge in [0.15, 0.2) is 6.79 Å². The van der Waals surface area contributed by atoms with Gasteiger partial charge in [0.2, 0.25) is 9.04 Å². The van der Waals surface area contributed by atoms with Gasteiger partial charge < -0.3 is 9.47 Å². The van der Waals surface area contributed by atoms with E-state index in [4.69, 9.17) is 79.1 Å². The van der Waals surface area contributed by atoms with E-state index < -0.39 is 9.04 Å². The second-order valence-corrected chi connectivity index (χ2v) is 5.31. The maximum atomic E-state index is 5.50. The van der Waals surface area contributed by atoms with Crippen LogP contribution in [0.4, 0.5) is 0 Å². The van der Waals surface area contributed by atoms with Crippen LogP contribution in [-0.4, -0.2) is 27.6 Å². The Morgan fingerprint density at radius 3 is 1.31 bits per heavy atom.